The van der Waals surface area contributed by atoms with E-state index >= 15 is 0 Å². The Labute approximate surface area is 112 Å². The molecule has 0 radical (unpaired) electrons. The van der Waals surface area contributed by atoms with Gasteiger partial charge in [-0.25, -0.2) is 0 Å². The maximum Gasteiger partial charge on any atom is 0.104 e. The Morgan fingerprint density at radius 3 is 2.95 bits per heavy atom. The zero-order valence-corrected chi connectivity index (χ0v) is 11.6. The van der Waals surface area contributed by atoms with Crippen LogP contribution in [-0.4, -0.2) is 45.0 Å². The van der Waals surface area contributed by atoms with Crippen LogP contribution in [0.25, 0.3) is 0 Å². The van der Waals surface area contributed by atoms with Gasteiger partial charge in [0.2, 0.25) is 0 Å². The Bertz CT molecular complexity index is 518. The van der Waals surface area contributed by atoms with Crippen LogP contribution in [0.3, 0.4) is 0 Å². The molecule has 0 atom stereocenters. The second-order valence-electron chi connectivity index (χ2n) is 4.47. The van der Waals surface area contributed by atoms with Gasteiger partial charge in [-0.2, -0.15) is 5.10 Å². The standard InChI is InChI=1S/C12H20N6O/c1-10-11(6-13-4-5-19-3)7-14-18(10)9-12-8-17(2)16-15-12/h7-8,13H,4-6,9H2,1-3H3. The summed E-state index contributed by atoms with van der Waals surface area (Å²) in [6.45, 7) is 5.07. The molecule has 0 aromatic carbocycles. The molecule has 7 nitrogen and oxygen atoms in total. The molecule has 0 spiro atoms. The van der Waals surface area contributed by atoms with Crippen LogP contribution in [0.4, 0.5) is 0 Å². The number of nitrogens with zero attached hydrogens (tertiary/aromatic N) is 5. The minimum atomic E-state index is 0.651. The molecule has 2 aromatic heterocycles. The van der Waals surface area contributed by atoms with Crippen molar-refractivity contribution >= 4 is 0 Å². The second-order valence-corrected chi connectivity index (χ2v) is 4.47. The maximum atomic E-state index is 5.00. The molecule has 0 bridgehead atoms. The molecule has 2 heterocycles. The first-order chi connectivity index (χ1) is 9.20. The molecular weight excluding hydrogens is 244 g/mol. The van der Waals surface area contributed by atoms with Crippen molar-refractivity contribution in [2.45, 2.75) is 20.0 Å². The minimum absolute atomic E-state index is 0.651. The van der Waals surface area contributed by atoms with Crippen LogP contribution in [0.5, 0.6) is 0 Å². The van der Waals surface area contributed by atoms with Crippen molar-refractivity contribution < 1.29 is 4.74 Å². The molecule has 0 aliphatic carbocycles. The number of hydrogen-bond acceptors (Lipinski definition) is 5. The lowest BCUT2D eigenvalue weighted by atomic mass is 10.2. The number of aryl methyl sites for hydroxylation is 1. The number of rotatable bonds is 7. The molecule has 0 saturated carbocycles. The summed E-state index contributed by atoms with van der Waals surface area (Å²) in [4.78, 5) is 0. The largest absolute Gasteiger partial charge is 0.383 e. The van der Waals surface area contributed by atoms with Gasteiger partial charge in [-0.05, 0) is 6.92 Å². The van der Waals surface area contributed by atoms with Gasteiger partial charge >= 0.3 is 0 Å². The monoisotopic (exact) mass is 264 g/mol. The lowest BCUT2D eigenvalue weighted by molar-refractivity contribution is 0.199. The third-order valence-corrected chi connectivity index (χ3v) is 2.97. The van der Waals surface area contributed by atoms with Gasteiger partial charge in [0.25, 0.3) is 0 Å². The first-order valence-electron chi connectivity index (χ1n) is 6.27. The van der Waals surface area contributed by atoms with E-state index in [0.29, 0.717) is 13.2 Å². The van der Waals surface area contributed by atoms with Gasteiger partial charge in [-0.1, -0.05) is 5.21 Å². The van der Waals surface area contributed by atoms with E-state index in [4.69, 9.17) is 4.74 Å². The number of hydrogen-bond donors (Lipinski definition) is 1. The number of aromatic nitrogens is 5. The highest BCUT2D eigenvalue weighted by atomic mass is 16.5. The first kappa shape index (κ1) is 13.7. The minimum Gasteiger partial charge on any atom is -0.383 e. The highest BCUT2D eigenvalue weighted by Crippen LogP contribution is 2.08. The van der Waals surface area contributed by atoms with Crippen LogP contribution in [0.15, 0.2) is 12.4 Å². The van der Waals surface area contributed by atoms with Crippen molar-refractivity contribution in [2.75, 3.05) is 20.3 Å². The molecular formula is C12H20N6O. The van der Waals surface area contributed by atoms with Crippen molar-refractivity contribution in [2.24, 2.45) is 7.05 Å². The van der Waals surface area contributed by atoms with E-state index in [2.05, 4.69) is 27.7 Å². The smallest absolute Gasteiger partial charge is 0.104 e. The number of ether oxygens (including phenoxy) is 1. The van der Waals surface area contributed by atoms with E-state index in [0.717, 1.165) is 24.5 Å². The van der Waals surface area contributed by atoms with Crippen molar-refractivity contribution in [3.63, 3.8) is 0 Å². The second kappa shape index (κ2) is 6.44. The lowest BCUT2D eigenvalue weighted by Gasteiger charge is -2.05. The van der Waals surface area contributed by atoms with Gasteiger partial charge in [0.15, 0.2) is 0 Å². The summed E-state index contributed by atoms with van der Waals surface area (Å²) < 4.78 is 8.63. The number of nitrogens with one attached hydrogen (secondary N) is 1. The van der Waals surface area contributed by atoms with E-state index in [9.17, 15) is 0 Å². The van der Waals surface area contributed by atoms with Gasteiger partial charge in [-0.15, -0.1) is 5.10 Å². The molecule has 1 N–H and O–H groups in total. The van der Waals surface area contributed by atoms with Gasteiger partial charge in [0.1, 0.15) is 5.69 Å². The Balaban J connectivity index is 1.94. The molecule has 0 aliphatic rings. The highest BCUT2D eigenvalue weighted by Gasteiger charge is 2.08. The first-order valence-corrected chi connectivity index (χ1v) is 6.27. The highest BCUT2D eigenvalue weighted by molar-refractivity contribution is 5.16. The third-order valence-electron chi connectivity index (χ3n) is 2.97. The van der Waals surface area contributed by atoms with Crippen LogP contribution in [0, 0.1) is 6.92 Å². The predicted molar refractivity (Wildman–Crippen MR) is 70.7 cm³/mol. The summed E-state index contributed by atoms with van der Waals surface area (Å²) >= 11 is 0. The molecule has 19 heavy (non-hydrogen) atoms. The average molecular weight is 264 g/mol. The van der Waals surface area contributed by atoms with Crippen LogP contribution >= 0.6 is 0 Å². The van der Waals surface area contributed by atoms with Gasteiger partial charge in [0, 0.05) is 44.7 Å². The fourth-order valence-electron chi connectivity index (χ4n) is 1.84. The van der Waals surface area contributed by atoms with E-state index in [1.54, 1.807) is 11.8 Å². The SMILES string of the molecule is COCCNCc1cnn(Cc2cn(C)nn2)c1C. The molecule has 2 aromatic rings. The molecule has 7 heteroatoms. The zero-order valence-electron chi connectivity index (χ0n) is 11.6. The Morgan fingerprint density at radius 2 is 2.26 bits per heavy atom. The maximum absolute atomic E-state index is 5.00. The molecule has 2 rings (SSSR count). The van der Waals surface area contributed by atoms with Crippen LogP contribution in [0.2, 0.25) is 0 Å². The Kier molecular flexibility index (Phi) is 4.64. The van der Waals surface area contributed by atoms with E-state index in [-0.39, 0.29) is 0 Å². The van der Waals surface area contributed by atoms with Crippen LogP contribution < -0.4 is 5.32 Å². The lowest BCUT2D eigenvalue weighted by Crippen LogP contribution is -2.19. The van der Waals surface area contributed by atoms with Crippen molar-refractivity contribution in [1.29, 1.82) is 0 Å². The number of methoxy groups -OCH3 is 1. The van der Waals surface area contributed by atoms with Crippen LogP contribution in [0.1, 0.15) is 17.0 Å². The third kappa shape index (κ3) is 3.62. The van der Waals surface area contributed by atoms with E-state index in [1.807, 2.05) is 24.1 Å². The topological polar surface area (TPSA) is 69.8 Å². The summed E-state index contributed by atoms with van der Waals surface area (Å²) in [5.41, 5.74) is 3.25. The summed E-state index contributed by atoms with van der Waals surface area (Å²) in [6, 6.07) is 0. The summed E-state index contributed by atoms with van der Waals surface area (Å²) in [6.07, 6.45) is 3.79. The Hall–Kier alpha value is -1.73. The molecule has 0 unspecified atom stereocenters. The molecule has 104 valence electrons. The summed E-state index contributed by atoms with van der Waals surface area (Å²) in [7, 11) is 3.56. The summed E-state index contributed by atoms with van der Waals surface area (Å²) in [5.74, 6) is 0. The predicted octanol–water partition coefficient (Wildman–Crippen LogP) is 0.104. The quantitative estimate of drug-likeness (QED) is 0.719. The normalized spacial score (nSPS) is 11.1. The molecule has 0 fully saturated rings. The summed E-state index contributed by atoms with van der Waals surface area (Å²) in [5, 5.41) is 15.7. The average Bonchev–Trinajstić information content (AvgIpc) is 2.95. The van der Waals surface area contributed by atoms with Crippen molar-refractivity contribution in [3.8, 4) is 0 Å². The fourth-order valence-corrected chi connectivity index (χ4v) is 1.84. The van der Waals surface area contributed by atoms with Crippen molar-refractivity contribution in [1.82, 2.24) is 30.1 Å². The Morgan fingerprint density at radius 1 is 1.42 bits per heavy atom. The van der Waals surface area contributed by atoms with E-state index < -0.39 is 0 Å². The van der Waals surface area contributed by atoms with Crippen molar-refractivity contribution in [3.05, 3.63) is 29.3 Å². The van der Waals surface area contributed by atoms with E-state index in [1.165, 1.54) is 5.56 Å². The van der Waals surface area contributed by atoms with Gasteiger partial charge in [0.05, 0.1) is 19.3 Å². The van der Waals surface area contributed by atoms with Crippen LogP contribution in [-0.2, 0) is 24.9 Å². The molecule has 0 saturated heterocycles. The van der Waals surface area contributed by atoms with Gasteiger partial charge in [-0.3, -0.25) is 9.36 Å². The zero-order chi connectivity index (χ0) is 13.7. The molecule has 0 amide bonds. The van der Waals surface area contributed by atoms with Gasteiger partial charge < -0.3 is 10.1 Å². The fraction of sp³-hybridized carbons (Fsp3) is 0.583. The molecule has 0 aliphatic heterocycles.